The lowest BCUT2D eigenvalue weighted by atomic mass is 9.78. The fourth-order valence-corrected chi connectivity index (χ4v) is 2.69. The Kier molecular flexibility index (Phi) is 1.74. The molecule has 2 heteroatoms. The highest BCUT2D eigenvalue weighted by Crippen LogP contribution is 2.54. The number of allylic oxidation sites excluding steroid dienone is 1. The summed E-state index contributed by atoms with van der Waals surface area (Å²) in [7, 11) is 0. The molecule has 2 rings (SSSR count). The molecule has 0 nitrogen and oxygen atoms in total. The van der Waals surface area contributed by atoms with Crippen molar-refractivity contribution in [2.75, 3.05) is 0 Å². The molecule has 0 saturated heterocycles. The van der Waals surface area contributed by atoms with Gasteiger partial charge in [0.2, 0.25) is 0 Å². The molecule has 0 spiro atoms. The van der Waals surface area contributed by atoms with Gasteiger partial charge in [0.15, 0.2) is 0 Å². The van der Waals surface area contributed by atoms with Crippen LogP contribution in [0.5, 0.6) is 0 Å². The Morgan fingerprint density at radius 1 is 1.17 bits per heavy atom. The van der Waals surface area contributed by atoms with E-state index in [4.69, 9.17) is 0 Å². The summed E-state index contributed by atoms with van der Waals surface area (Å²) >= 11 is 0. The summed E-state index contributed by atoms with van der Waals surface area (Å²) in [6, 6.07) is 0. The Balaban J connectivity index is 2.16. The molecule has 68 valence electrons. The Hall–Kier alpha value is -0.400. The Morgan fingerprint density at radius 2 is 1.67 bits per heavy atom. The quantitative estimate of drug-likeness (QED) is 0.532. The zero-order valence-electron chi connectivity index (χ0n) is 7.10. The van der Waals surface area contributed by atoms with Crippen molar-refractivity contribution in [2.24, 2.45) is 17.8 Å². The van der Waals surface area contributed by atoms with Crippen LogP contribution in [0.4, 0.5) is 8.78 Å². The monoisotopic (exact) mass is 172 g/mol. The molecule has 2 saturated carbocycles. The average Bonchev–Trinajstić information content (AvgIpc) is 2.29. The van der Waals surface area contributed by atoms with E-state index in [2.05, 4.69) is 6.58 Å². The lowest BCUT2D eigenvalue weighted by molar-refractivity contribution is -0.105. The fraction of sp³-hybridized carbons (Fsp3) is 0.800. The van der Waals surface area contributed by atoms with Gasteiger partial charge in [-0.1, -0.05) is 6.08 Å². The minimum absolute atomic E-state index is 0.348. The molecular formula is C10H14F2. The van der Waals surface area contributed by atoms with E-state index in [1.807, 2.05) is 6.08 Å². The van der Waals surface area contributed by atoms with Crippen LogP contribution in [-0.2, 0) is 0 Å². The van der Waals surface area contributed by atoms with Crippen LogP contribution in [-0.4, -0.2) is 5.92 Å². The maximum atomic E-state index is 13.3. The van der Waals surface area contributed by atoms with Gasteiger partial charge < -0.3 is 0 Å². The molecule has 2 bridgehead atoms. The number of alkyl halides is 2. The summed E-state index contributed by atoms with van der Waals surface area (Å²) in [5.41, 5.74) is 0. The van der Waals surface area contributed by atoms with Crippen molar-refractivity contribution < 1.29 is 8.78 Å². The molecule has 0 aromatic rings. The molecule has 2 aliphatic rings. The highest BCUT2D eigenvalue weighted by Gasteiger charge is 2.55. The topological polar surface area (TPSA) is 0 Å². The van der Waals surface area contributed by atoms with E-state index in [9.17, 15) is 8.78 Å². The van der Waals surface area contributed by atoms with Crippen molar-refractivity contribution in [1.29, 1.82) is 0 Å². The first-order valence-electron chi connectivity index (χ1n) is 4.65. The van der Waals surface area contributed by atoms with Crippen LogP contribution in [0.15, 0.2) is 12.7 Å². The van der Waals surface area contributed by atoms with Crippen LogP contribution in [0, 0.1) is 17.8 Å². The van der Waals surface area contributed by atoms with E-state index in [1.165, 1.54) is 0 Å². The van der Waals surface area contributed by atoms with Crippen molar-refractivity contribution in [3.8, 4) is 0 Å². The highest BCUT2D eigenvalue weighted by atomic mass is 19.3. The van der Waals surface area contributed by atoms with Gasteiger partial charge in [0.25, 0.3) is 5.92 Å². The molecule has 0 radical (unpaired) electrons. The minimum Gasteiger partial charge on any atom is -0.206 e. The molecule has 0 amide bonds. The largest absolute Gasteiger partial charge is 0.253 e. The van der Waals surface area contributed by atoms with E-state index < -0.39 is 5.92 Å². The van der Waals surface area contributed by atoms with E-state index in [1.54, 1.807) is 0 Å². The smallest absolute Gasteiger partial charge is 0.206 e. The van der Waals surface area contributed by atoms with E-state index in [-0.39, 0.29) is 11.8 Å². The van der Waals surface area contributed by atoms with Crippen molar-refractivity contribution in [2.45, 2.75) is 31.6 Å². The van der Waals surface area contributed by atoms with Gasteiger partial charge in [-0.15, -0.1) is 6.58 Å². The number of rotatable bonds is 1. The second-order valence-corrected chi connectivity index (χ2v) is 4.11. The predicted octanol–water partition coefficient (Wildman–Crippen LogP) is 3.24. The molecule has 0 aromatic carbocycles. The van der Waals surface area contributed by atoms with Crippen LogP contribution < -0.4 is 0 Å². The zero-order chi connectivity index (χ0) is 8.77. The molecule has 12 heavy (non-hydrogen) atoms. The minimum atomic E-state index is -2.36. The highest BCUT2D eigenvalue weighted by molar-refractivity contribution is 5.01. The third-order valence-electron chi connectivity index (χ3n) is 3.46. The lowest BCUT2D eigenvalue weighted by Crippen LogP contribution is -2.36. The first-order valence-corrected chi connectivity index (χ1v) is 4.65. The summed E-state index contributed by atoms with van der Waals surface area (Å²) in [5.74, 6) is -2.71. The fourth-order valence-electron chi connectivity index (χ4n) is 2.69. The van der Waals surface area contributed by atoms with Crippen molar-refractivity contribution in [1.82, 2.24) is 0 Å². The normalized spacial score (nSPS) is 44.3. The van der Waals surface area contributed by atoms with Gasteiger partial charge in [0.05, 0.1) is 0 Å². The Labute approximate surface area is 71.7 Å². The molecule has 0 aromatic heterocycles. The molecule has 2 aliphatic carbocycles. The number of fused-ring (bicyclic) bond motifs is 2. The number of hydrogen-bond donors (Lipinski definition) is 0. The zero-order valence-corrected chi connectivity index (χ0v) is 7.10. The van der Waals surface area contributed by atoms with Crippen molar-refractivity contribution in [3.63, 3.8) is 0 Å². The molecular weight excluding hydrogens is 158 g/mol. The maximum absolute atomic E-state index is 13.3. The van der Waals surface area contributed by atoms with Gasteiger partial charge in [0.1, 0.15) is 0 Å². The van der Waals surface area contributed by atoms with Crippen LogP contribution in [0.25, 0.3) is 0 Å². The summed E-state index contributed by atoms with van der Waals surface area (Å²) in [6.45, 7) is 3.68. The van der Waals surface area contributed by atoms with Crippen LogP contribution in [0.2, 0.25) is 0 Å². The Bertz CT molecular complexity index is 182. The summed E-state index contributed by atoms with van der Waals surface area (Å²) in [6.07, 6.45) is 4.62. The second-order valence-electron chi connectivity index (χ2n) is 4.11. The summed E-state index contributed by atoms with van der Waals surface area (Å²) in [5, 5.41) is 0. The molecule has 2 fully saturated rings. The number of hydrogen-bond acceptors (Lipinski definition) is 0. The van der Waals surface area contributed by atoms with Crippen LogP contribution >= 0.6 is 0 Å². The molecule has 2 atom stereocenters. The van der Waals surface area contributed by atoms with Crippen LogP contribution in [0.3, 0.4) is 0 Å². The molecule has 0 heterocycles. The maximum Gasteiger partial charge on any atom is 0.253 e. The first kappa shape index (κ1) is 8.21. The Morgan fingerprint density at radius 3 is 2.08 bits per heavy atom. The standard InChI is InChI=1S/C10H14F2/c1-2-7-5-8-3-4-9(6-7)10(8,11)12/h2,7-9H,1,3-6H2. The molecule has 0 N–H and O–H groups in total. The molecule has 0 aliphatic heterocycles. The lowest BCUT2D eigenvalue weighted by Gasteiger charge is -2.33. The van der Waals surface area contributed by atoms with E-state index in [0.717, 1.165) is 12.8 Å². The van der Waals surface area contributed by atoms with Gasteiger partial charge in [-0.25, -0.2) is 8.78 Å². The van der Waals surface area contributed by atoms with Gasteiger partial charge in [-0.2, -0.15) is 0 Å². The second kappa shape index (κ2) is 2.54. The average molecular weight is 172 g/mol. The SMILES string of the molecule is C=CC1CC2CCC(C1)C2(F)F. The van der Waals surface area contributed by atoms with Crippen molar-refractivity contribution >= 4 is 0 Å². The van der Waals surface area contributed by atoms with Crippen LogP contribution in [0.1, 0.15) is 25.7 Å². The van der Waals surface area contributed by atoms with Gasteiger partial charge in [-0.05, 0) is 31.6 Å². The van der Waals surface area contributed by atoms with Gasteiger partial charge in [-0.3, -0.25) is 0 Å². The predicted molar refractivity (Wildman–Crippen MR) is 44.1 cm³/mol. The first-order chi connectivity index (χ1) is 5.64. The summed E-state index contributed by atoms with van der Waals surface area (Å²) in [4.78, 5) is 0. The third kappa shape index (κ3) is 1.00. The molecule has 2 unspecified atom stereocenters. The van der Waals surface area contributed by atoms with Gasteiger partial charge >= 0.3 is 0 Å². The summed E-state index contributed by atoms with van der Waals surface area (Å²) < 4.78 is 26.7. The number of halogens is 2. The third-order valence-corrected chi connectivity index (χ3v) is 3.46. The van der Waals surface area contributed by atoms with Gasteiger partial charge in [0, 0.05) is 11.8 Å². The van der Waals surface area contributed by atoms with Crippen molar-refractivity contribution in [3.05, 3.63) is 12.7 Å². The van der Waals surface area contributed by atoms with E-state index >= 15 is 0 Å². The van der Waals surface area contributed by atoms with E-state index in [0.29, 0.717) is 18.8 Å².